The second kappa shape index (κ2) is 8.26. The number of morpholine rings is 1. The van der Waals surface area contributed by atoms with Crippen molar-refractivity contribution in [2.75, 3.05) is 33.7 Å². The number of ether oxygens (including phenoxy) is 1. The Balaban J connectivity index is 1.87. The number of carbonyl (C=O) groups excluding carboxylic acids is 2. The highest BCUT2D eigenvalue weighted by Gasteiger charge is 2.26. The third kappa shape index (κ3) is 5.04. The van der Waals surface area contributed by atoms with Gasteiger partial charge in [0.15, 0.2) is 0 Å². The molecule has 6 nitrogen and oxygen atoms in total. The van der Waals surface area contributed by atoms with Crippen LogP contribution in [0.25, 0.3) is 0 Å². The van der Waals surface area contributed by atoms with E-state index in [1.807, 2.05) is 42.8 Å². The zero-order valence-electron chi connectivity index (χ0n) is 14.9. The highest BCUT2D eigenvalue weighted by molar-refractivity contribution is 5.93. The Morgan fingerprint density at radius 3 is 2.33 bits per heavy atom. The van der Waals surface area contributed by atoms with Crippen molar-refractivity contribution < 1.29 is 14.3 Å². The van der Waals surface area contributed by atoms with Gasteiger partial charge in [0.1, 0.15) is 0 Å². The Morgan fingerprint density at radius 1 is 1.21 bits per heavy atom. The fraction of sp³-hybridized carbons (Fsp3) is 0.556. The van der Waals surface area contributed by atoms with Crippen molar-refractivity contribution in [1.82, 2.24) is 15.1 Å². The summed E-state index contributed by atoms with van der Waals surface area (Å²) >= 11 is 0. The van der Waals surface area contributed by atoms with Crippen LogP contribution in [-0.4, -0.2) is 67.6 Å². The van der Waals surface area contributed by atoms with Gasteiger partial charge in [-0.3, -0.25) is 14.5 Å². The van der Waals surface area contributed by atoms with Crippen LogP contribution in [0.5, 0.6) is 0 Å². The van der Waals surface area contributed by atoms with Crippen LogP contribution in [0.1, 0.15) is 29.8 Å². The summed E-state index contributed by atoms with van der Waals surface area (Å²) in [5.74, 6) is 0.0297. The van der Waals surface area contributed by atoms with Crippen molar-refractivity contribution in [3.05, 3.63) is 35.4 Å². The number of nitrogens with one attached hydrogen (secondary N) is 1. The number of carbonyl (C=O) groups is 2. The van der Waals surface area contributed by atoms with Crippen LogP contribution in [0.3, 0.4) is 0 Å². The first-order valence-electron chi connectivity index (χ1n) is 8.32. The van der Waals surface area contributed by atoms with Crippen molar-refractivity contribution in [2.24, 2.45) is 0 Å². The van der Waals surface area contributed by atoms with Gasteiger partial charge in [-0.05, 0) is 38.6 Å². The number of nitrogens with zero attached hydrogens (tertiary/aromatic N) is 2. The van der Waals surface area contributed by atoms with E-state index in [2.05, 4.69) is 5.32 Å². The van der Waals surface area contributed by atoms with Crippen LogP contribution in [0.15, 0.2) is 24.3 Å². The molecule has 1 saturated heterocycles. The Bertz CT molecular complexity index is 563. The van der Waals surface area contributed by atoms with Crippen molar-refractivity contribution in [3.63, 3.8) is 0 Å². The molecule has 1 aliphatic rings. The monoisotopic (exact) mass is 333 g/mol. The van der Waals surface area contributed by atoms with Gasteiger partial charge >= 0.3 is 0 Å². The van der Waals surface area contributed by atoms with E-state index >= 15 is 0 Å². The first-order chi connectivity index (χ1) is 11.4. The lowest BCUT2D eigenvalue weighted by Crippen LogP contribution is -2.50. The third-order valence-corrected chi connectivity index (χ3v) is 4.07. The van der Waals surface area contributed by atoms with Crippen molar-refractivity contribution in [2.45, 2.75) is 32.6 Å². The molecule has 132 valence electrons. The summed E-state index contributed by atoms with van der Waals surface area (Å²) in [5.41, 5.74) is 1.71. The molecule has 0 unspecified atom stereocenters. The standard InChI is InChI=1S/C18H27N3O3/c1-13-9-21(10-14(2)24-13)17(22)12-20(4)11-15-5-7-16(8-6-15)18(23)19-3/h5-8,13-14H,9-12H2,1-4H3,(H,19,23)/t13-,14+. The lowest BCUT2D eigenvalue weighted by molar-refractivity contribution is -0.144. The molecule has 1 aromatic carbocycles. The van der Waals surface area contributed by atoms with Crippen LogP contribution >= 0.6 is 0 Å². The van der Waals surface area contributed by atoms with Gasteiger partial charge in [-0.15, -0.1) is 0 Å². The summed E-state index contributed by atoms with van der Waals surface area (Å²) in [6, 6.07) is 7.44. The Labute approximate surface area is 143 Å². The van der Waals surface area contributed by atoms with Crippen molar-refractivity contribution >= 4 is 11.8 Å². The maximum Gasteiger partial charge on any atom is 0.251 e. The van der Waals surface area contributed by atoms with Crippen LogP contribution in [0, 0.1) is 0 Å². The maximum absolute atomic E-state index is 12.4. The van der Waals surface area contributed by atoms with Gasteiger partial charge in [0.2, 0.25) is 5.91 Å². The maximum atomic E-state index is 12.4. The first kappa shape index (κ1) is 18.4. The Morgan fingerprint density at radius 2 is 1.79 bits per heavy atom. The molecule has 0 aromatic heterocycles. The molecule has 24 heavy (non-hydrogen) atoms. The average Bonchev–Trinajstić information content (AvgIpc) is 2.53. The lowest BCUT2D eigenvalue weighted by Gasteiger charge is -2.36. The SMILES string of the molecule is CNC(=O)c1ccc(CN(C)CC(=O)N2C[C@@H](C)O[C@@H](C)C2)cc1. The number of hydrogen-bond donors (Lipinski definition) is 1. The van der Waals surface area contributed by atoms with Gasteiger partial charge in [-0.1, -0.05) is 12.1 Å². The molecule has 2 rings (SSSR count). The number of likely N-dealkylation sites (N-methyl/N-ethyl adjacent to an activating group) is 1. The molecule has 1 heterocycles. The summed E-state index contributed by atoms with van der Waals surface area (Å²) in [7, 11) is 3.54. The summed E-state index contributed by atoms with van der Waals surface area (Å²) in [6.45, 7) is 6.32. The largest absolute Gasteiger partial charge is 0.372 e. The molecule has 0 saturated carbocycles. The molecule has 2 amide bonds. The predicted octanol–water partition coefficient (Wildman–Crippen LogP) is 1.11. The third-order valence-electron chi connectivity index (χ3n) is 4.07. The number of amides is 2. The van der Waals surface area contributed by atoms with E-state index in [0.717, 1.165) is 5.56 Å². The van der Waals surface area contributed by atoms with E-state index in [1.165, 1.54) is 0 Å². The normalized spacial score (nSPS) is 21.0. The molecule has 0 spiro atoms. The molecule has 0 bridgehead atoms. The second-order valence-electron chi connectivity index (χ2n) is 6.50. The van der Waals surface area contributed by atoms with Gasteiger partial charge in [0.05, 0.1) is 18.8 Å². The molecule has 1 aliphatic heterocycles. The number of rotatable bonds is 5. The zero-order chi connectivity index (χ0) is 17.7. The topological polar surface area (TPSA) is 61.9 Å². The van der Waals surface area contributed by atoms with Crippen LogP contribution in [0.4, 0.5) is 0 Å². The van der Waals surface area contributed by atoms with E-state index in [9.17, 15) is 9.59 Å². The Kier molecular flexibility index (Phi) is 6.34. The van der Waals surface area contributed by atoms with E-state index in [0.29, 0.717) is 31.7 Å². The zero-order valence-corrected chi connectivity index (χ0v) is 14.9. The smallest absolute Gasteiger partial charge is 0.251 e. The van der Waals surface area contributed by atoms with Gasteiger partial charge in [0, 0.05) is 32.2 Å². The van der Waals surface area contributed by atoms with Crippen LogP contribution in [-0.2, 0) is 16.1 Å². The van der Waals surface area contributed by atoms with Gasteiger partial charge < -0.3 is 15.0 Å². The molecule has 6 heteroatoms. The van der Waals surface area contributed by atoms with Gasteiger partial charge in [-0.2, -0.15) is 0 Å². The second-order valence-corrected chi connectivity index (χ2v) is 6.50. The van der Waals surface area contributed by atoms with Gasteiger partial charge in [0.25, 0.3) is 5.91 Å². The molecule has 2 atom stereocenters. The highest BCUT2D eigenvalue weighted by Crippen LogP contribution is 2.12. The fourth-order valence-corrected chi connectivity index (χ4v) is 2.99. The number of benzene rings is 1. The van der Waals surface area contributed by atoms with E-state index in [-0.39, 0.29) is 24.0 Å². The number of hydrogen-bond acceptors (Lipinski definition) is 4. The minimum atomic E-state index is -0.0966. The van der Waals surface area contributed by atoms with E-state index in [4.69, 9.17) is 4.74 Å². The minimum absolute atomic E-state index is 0.0836. The summed E-state index contributed by atoms with van der Waals surface area (Å²) < 4.78 is 5.67. The molecule has 0 aliphatic carbocycles. The lowest BCUT2D eigenvalue weighted by atomic mass is 10.1. The fourth-order valence-electron chi connectivity index (χ4n) is 2.99. The quantitative estimate of drug-likeness (QED) is 0.877. The summed E-state index contributed by atoms with van der Waals surface area (Å²) in [5, 5.41) is 2.60. The molecular formula is C18H27N3O3. The van der Waals surface area contributed by atoms with Gasteiger partial charge in [-0.25, -0.2) is 0 Å². The summed E-state index contributed by atoms with van der Waals surface area (Å²) in [6.07, 6.45) is 0.167. The molecule has 0 radical (unpaired) electrons. The van der Waals surface area contributed by atoms with Crippen LogP contribution in [0.2, 0.25) is 0 Å². The van der Waals surface area contributed by atoms with Crippen molar-refractivity contribution in [3.8, 4) is 0 Å². The minimum Gasteiger partial charge on any atom is -0.372 e. The summed E-state index contributed by atoms with van der Waals surface area (Å²) in [4.78, 5) is 27.9. The average molecular weight is 333 g/mol. The predicted molar refractivity (Wildman–Crippen MR) is 92.8 cm³/mol. The van der Waals surface area contributed by atoms with Crippen molar-refractivity contribution in [1.29, 1.82) is 0 Å². The Hall–Kier alpha value is -1.92. The molecule has 1 fully saturated rings. The molecule has 1 N–H and O–H groups in total. The van der Waals surface area contributed by atoms with E-state index < -0.39 is 0 Å². The van der Waals surface area contributed by atoms with Crippen LogP contribution < -0.4 is 5.32 Å². The molecule has 1 aromatic rings. The van der Waals surface area contributed by atoms with E-state index in [1.54, 1.807) is 19.2 Å². The highest BCUT2D eigenvalue weighted by atomic mass is 16.5. The molecular weight excluding hydrogens is 306 g/mol. The first-order valence-corrected chi connectivity index (χ1v) is 8.32.